The van der Waals surface area contributed by atoms with Crippen molar-refractivity contribution in [2.24, 2.45) is 11.3 Å². The van der Waals surface area contributed by atoms with E-state index in [1.807, 2.05) is 0 Å². The molecule has 1 fully saturated rings. The Morgan fingerprint density at radius 1 is 0.854 bits per heavy atom. The van der Waals surface area contributed by atoms with Crippen molar-refractivity contribution in [1.29, 1.82) is 0 Å². The molecule has 0 unspecified atom stereocenters. The van der Waals surface area contributed by atoms with E-state index in [0.717, 1.165) is 59.5 Å². The first kappa shape index (κ1) is 39.1. The SMILES string of the molecule is CCCCCCCC(=O)O[C@H]1/C(C)=C\[C@@H]2OC(=O)[C@@](C)(O)[C@@]2(O)[C@H](OC(C)=O)[C@H]2[C@](C)(O)[C@H](O)C=C[C@]2(C)[C@@H](OC(C)=O)[C@@H]1OC(C)=O. The number of carbonyl (C=O) groups excluding carboxylic acids is 5. The summed E-state index contributed by atoms with van der Waals surface area (Å²) >= 11 is 0. The summed E-state index contributed by atoms with van der Waals surface area (Å²) in [6.07, 6.45) is -2.54. The second-order valence-electron chi connectivity index (χ2n) is 13.7. The van der Waals surface area contributed by atoms with Gasteiger partial charge in [0.25, 0.3) is 0 Å². The average molecular weight is 683 g/mol. The molecule has 0 aromatic heterocycles. The van der Waals surface area contributed by atoms with Crippen LogP contribution in [0, 0.1) is 11.3 Å². The third-order valence-electron chi connectivity index (χ3n) is 9.82. The largest absolute Gasteiger partial charge is 0.459 e. The molecule has 0 aromatic rings. The number of rotatable bonds is 10. The van der Waals surface area contributed by atoms with Crippen LogP contribution < -0.4 is 0 Å². The first-order valence-electron chi connectivity index (χ1n) is 16.3. The quantitative estimate of drug-likeness (QED) is 0.112. The van der Waals surface area contributed by atoms with Crippen LogP contribution in [0.15, 0.2) is 23.8 Å². The summed E-state index contributed by atoms with van der Waals surface area (Å²) in [6.45, 7) is 10.2. The molecule has 3 aliphatic rings. The lowest BCUT2D eigenvalue weighted by atomic mass is 9.53. The fourth-order valence-electron chi connectivity index (χ4n) is 7.29. The van der Waals surface area contributed by atoms with Crippen LogP contribution >= 0.6 is 0 Å². The number of esters is 5. The van der Waals surface area contributed by atoms with Crippen LogP contribution in [-0.4, -0.2) is 104 Å². The first-order chi connectivity index (χ1) is 22.2. The number of hydrogen-bond acceptors (Lipinski definition) is 14. The number of carbonyl (C=O) groups is 5. The highest BCUT2D eigenvalue weighted by Crippen LogP contribution is 2.56. The molecule has 0 spiro atoms. The van der Waals surface area contributed by atoms with Gasteiger partial charge in [-0.2, -0.15) is 0 Å². The van der Waals surface area contributed by atoms with Crippen LogP contribution in [-0.2, 0) is 47.7 Å². The maximum Gasteiger partial charge on any atom is 0.341 e. The van der Waals surface area contributed by atoms with Gasteiger partial charge in [-0.25, -0.2) is 4.79 Å². The third kappa shape index (κ3) is 7.31. The zero-order valence-corrected chi connectivity index (χ0v) is 28.9. The Kier molecular flexibility index (Phi) is 11.9. The number of fused-ring (bicyclic) bond motifs is 2. The minimum absolute atomic E-state index is 0.00912. The molecule has 11 atom stereocenters. The lowest BCUT2D eigenvalue weighted by Crippen LogP contribution is -2.74. The number of ether oxygens (including phenoxy) is 5. The molecule has 0 bridgehead atoms. The highest BCUT2D eigenvalue weighted by Gasteiger charge is 2.75. The lowest BCUT2D eigenvalue weighted by Gasteiger charge is -2.57. The van der Waals surface area contributed by atoms with E-state index in [4.69, 9.17) is 23.7 Å². The highest BCUT2D eigenvalue weighted by atomic mass is 16.6. The van der Waals surface area contributed by atoms with E-state index < -0.39 is 94.6 Å². The Balaban J connectivity index is 2.42. The summed E-state index contributed by atoms with van der Waals surface area (Å²) in [6, 6.07) is 0. The Morgan fingerprint density at radius 3 is 1.98 bits per heavy atom. The summed E-state index contributed by atoms with van der Waals surface area (Å²) < 4.78 is 28.7. The predicted molar refractivity (Wildman–Crippen MR) is 166 cm³/mol. The molecule has 4 N–H and O–H groups in total. The van der Waals surface area contributed by atoms with Gasteiger partial charge in [0.1, 0.15) is 12.2 Å². The summed E-state index contributed by atoms with van der Waals surface area (Å²) in [5.41, 5.74) is -9.80. The van der Waals surface area contributed by atoms with E-state index in [1.165, 1.54) is 32.9 Å². The average Bonchev–Trinajstić information content (AvgIpc) is 3.13. The Morgan fingerprint density at radius 2 is 1.42 bits per heavy atom. The second-order valence-corrected chi connectivity index (χ2v) is 13.7. The maximum atomic E-state index is 13.3. The molecule has 0 radical (unpaired) electrons. The van der Waals surface area contributed by atoms with Crippen LogP contribution in [0.4, 0.5) is 0 Å². The lowest BCUT2D eigenvalue weighted by molar-refractivity contribution is -0.264. The molecule has 14 nitrogen and oxygen atoms in total. The molecule has 0 aromatic carbocycles. The van der Waals surface area contributed by atoms with Crippen molar-refractivity contribution in [3.05, 3.63) is 23.8 Å². The van der Waals surface area contributed by atoms with E-state index in [0.29, 0.717) is 6.42 Å². The van der Waals surface area contributed by atoms with Gasteiger partial charge in [-0.1, -0.05) is 51.7 Å². The molecule has 0 saturated carbocycles. The molecule has 1 heterocycles. The molecular formula is C34H50O14. The van der Waals surface area contributed by atoms with Crippen LogP contribution in [0.3, 0.4) is 0 Å². The van der Waals surface area contributed by atoms with Gasteiger partial charge in [-0.05, 0) is 38.8 Å². The summed E-state index contributed by atoms with van der Waals surface area (Å²) in [5, 5.41) is 47.2. The minimum Gasteiger partial charge on any atom is -0.459 e. The molecule has 14 heteroatoms. The molecule has 1 aliphatic heterocycles. The molecule has 270 valence electrons. The van der Waals surface area contributed by atoms with Gasteiger partial charge in [0.15, 0.2) is 35.6 Å². The Hall–Kier alpha value is -3.33. The van der Waals surface area contributed by atoms with Crippen LogP contribution in [0.25, 0.3) is 0 Å². The van der Waals surface area contributed by atoms with E-state index in [-0.39, 0.29) is 12.0 Å². The minimum atomic E-state index is -2.86. The summed E-state index contributed by atoms with van der Waals surface area (Å²) in [4.78, 5) is 64.6. The molecule has 1 saturated heterocycles. The van der Waals surface area contributed by atoms with Crippen molar-refractivity contribution < 1.29 is 68.1 Å². The van der Waals surface area contributed by atoms with Crippen molar-refractivity contribution in [3.63, 3.8) is 0 Å². The zero-order chi connectivity index (χ0) is 36.4. The van der Waals surface area contributed by atoms with Gasteiger partial charge >= 0.3 is 29.8 Å². The molecule has 0 amide bonds. The van der Waals surface area contributed by atoms with Crippen molar-refractivity contribution in [3.8, 4) is 0 Å². The molecule has 48 heavy (non-hydrogen) atoms. The summed E-state index contributed by atoms with van der Waals surface area (Å²) in [5.74, 6) is -6.48. The van der Waals surface area contributed by atoms with Gasteiger partial charge in [0.2, 0.25) is 0 Å². The molecule has 3 rings (SSSR count). The topological polar surface area (TPSA) is 212 Å². The highest BCUT2D eigenvalue weighted by molar-refractivity contribution is 5.84. The van der Waals surface area contributed by atoms with Crippen LogP contribution in [0.2, 0.25) is 0 Å². The zero-order valence-electron chi connectivity index (χ0n) is 28.9. The fourth-order valence-corrected chi connectivity index (χ4v) is 7.29. The van der Waals surface area contributed by atoms with Crippen molar-refractivity contribution >= 4 is 29.8 Å². The normalized spacial score (nSPS) is 40.3. The second kappa shape index (κ2) is 14.7. The van der Waals surface area contributed by atoms with Gasteiger partial charge in [0, 0.05) is 38.5 Å². The van der Waals surface area contributed by atoms with Gasteiger partial charge in [0.05, 0.1) is 5.60 Å². The van der Waals surface area contributed by atoms with E-state index in [2.05, 4.69) is 6.92 Å². The number of aliphatic hydroxyl groups excluding tert-OH is 1. The first-order valence-corrected chi connectivity index (χ1v) is 16.3. The molecular weight excluding hydrogens is 632 g/mol. The van der Waals surface area contributed by atoms with Crippen molar-refractivity contribution in [2.45, 2.75) is 147 Å². The Labute approximate surface area is 280 Å². The van der Waals surface area contributed by atoms with E-state index >= 15 is 0 Å². The third-order valence-corrected chi connectivity index (χ3v) is 9.82. The number of aliphatic hydroxyl groups is 4. The van der Waals surface area contributed by atoms with Crippen LogP contribution in [0.1, 0.15) is 93.9 Å². The maximum absolute atomic E-state index is 13.3. The number of unbranched alkanes of at least 4 members (excludes halogenated alkanes) is 4. The van der Waals surface area contributed by atoms with Gasteiger partial charge in [-0.15, -0.1) is 0 Å². The van der Waals surface area contributed by atoms with E-state index in [1.54, 1.807) is 0 Å². The predicted octanol–water partition coefficient (Wildman–Crippen LogP) is 1.73. The molecule has 2 aliphatic carbocycles. The van der Waals surface area contributed by atoms with Crippen molar-refractivity contribution in [1.82, 2.24) is 0 Å². The number of hydrogen-bond donors (Lipinski definition) is 4. The van der Waals surface area contributed by atoms with Crippen molar-refractivity contribution in [2.75, 3.05) is 0 Å². The van der Waals surface area contributed by atoms with Crippen LogP contribution in [0.5, 0.6) is 0 Å². The van der Waals surface area contributed by atoms with Gasteiger partial charge < -0.3 is 44.1 Å². The fraction of sp³-hybridized carbons (Fsp3) is 0.735. The van der Waals surface area contributed by atoms with Gasteiger partial charge in [-0.3, -0.25) is 19.2 Å². The monoisotopic (exact) mass is 682 g/mol. The smallest absolute Gasteiger partial charge is 0.341 e. The summed E-state index contributed by atoms with van der Waals surface area (Å²) in [7, 11) is 0. The standard InChI is InChI=1S/C34H50O14/c1-9-10-11-12-13-14-24(39)48-25-18(2)17-23-34(43,33(8,42)30(40)47-23)29(46-21(5)37)27-31(6,16-15-22(38)32(27,7)41)28(45-20(4)36)26(25)44-19(3)35/h15-17,22-23,25-29,38,41-43H,9-14H2,1-8H3/b18-17-/t22-,23+,25+,26-,27-,28+,29-,31+,32-,33-,34+/m1/s1. The Bertz CT molecular complexity index is 1320. The van der Waals surface area contributed by atoms with E-state index in [9.17, 15) is 44.4 Å².